The third-order valence-electron chi connectivity index (χ3n) is 4.58. The standard InChI is InChI=1S/C21H30N4OS.HI/c1-2-22-21(23-13-7-16-26-19-8-4-3-5-9-19)24-18-11-14-25(15-12-18)20-10-6-17-27-20;/h3-6,8-10,17-18H,2,7,11-16H2,1H3,(H2,22,23,24);1H. The predicted molar refractivity (Wildman–Crippen MR) is 131 cm³/mol. The van der Waals surface area contributed by atoms with Gasteiger partial charge in [-0.1, -0.05) is 18.2 Å². The molecule has 2 N–H and O–H groups in total. The number of piperidine rings is 1. The van der Waals surface area contributed by atoms with Gasteiger partial charge < -0.3 is 20.3 Å². The third kappa shape index (κ3) is 7.50. The monoisotopic (exact) mass is 514 g/mol. The number of benzene rings is 1. The lowest BCUT2D eigenvalue weighted by atomic mass is 10.1. The van der Waals surface area contributed by atoms with Crippen LogP contribution in [0.5, 0.6) is 5.75 Å². The van der Waals surface area contributed by atoms with E-state index in [0.717, 1.165) is 57.2 Å². The zero-order valence-corrected chi connectivity index (χ0v) is 19.6. The number of hydrogen-bond donors (Lipinski definition) is 2. The molecule has 1 aromatic carbocycles. The number of nitrogens with zero attached hydrogens (tertiary/aromatic N) is 2. The van der Waals surface area contributed by atoms with Crippen LogP contribution in [-0.2, 0) is 0 Å². The number of halogens is 1. The number of guanidine groups is 1. The number of anilines is 1. The van der Waals surface area contributed by atoms with Crippen molar-refractivity contribution in [3.05, 3.63) is 47.8 Å². The molecule has 0 saturated carbocycles. The number of rotatable bonds is 8. The van der Waals surface area contributed by atoms with E-state index in [1.807, 2.05) is 41.7 Å². The molecule has 0 amide bonds. The van der Waals surface area contributed by atoms with Gasteiger partial charge in [0.25, 0.3) is 0 Å². The Morgan fingerprint density at radius 1 is 1.18 bits per heavy atom. The topological polar surface area (TPSA) is 48.9 Å². The Balaban J connectivity index is 0.00000280. The molecule has 0 spiro atoms. The van der Waals surface area contributed by atoms with E-state index in [0.29, 0.717) is 12.6 Å². The summed E-state index contributed by atoms with van der Waals surface area (Å²) in [5.41, 5.74) is 0. The van der Waals surface area contributed by atoms with Gasteiger partial charge in [-0.2, -0.15) is 0 Å². The van der Waals surface area contributed by atoms with Crippen molar-refractivity contribution in [1.29, 1.82) is 0 Å². The van der Waals surface area contributed by atoms with Crippen LogP contribution in [0.3, 0.4) is 0 Å². The Hall–Kier alpha value is -1.48. The van der Waals surface area contributed by atoms with E-state index >= 15 is 0 Å². The number of para-hydroxylation sites is 1. The first-order chi connectivity index (χ1) is 13.3. The van der Waals surface area contributed by atoms with Gasteiger partial charge in [0.2, 0.25) is 0 Å². The third-order valence-corrected chi connectivity index (χ3v) is 5.51. The summed E-state index contributed by atoms with van der Waals surface area (Å²) in [6.07, 6.45) is 3.18. The summed E-state index contributed by atoms with van der Waals surface area (Å²) >= 11 is 1.82. The van der Waals surface area contributed by atoms with Crippen molar-refractivity contribution in [3.8, 4) is 5.75 Å². The van der Waals surface area contributed by atoms with Gasteiger partial charge in [0, 0.05) is 38.6 Å². The van der Waals surface area contributed by atoms with Crippen molar-refractivity contribution >= 4 is 46.3 Å². The minimum absolute atomic E-state index is 0. The maximum absolute atomic E-state index is 5.73. The van der Waals surface area contributed by atoms with Crippen molar-refractivity contribution in [2.24, 2.45) is 4.99 Å². The molecule has 0 bridgehead atoms. The van der Waals surface area contributed by atoms with Crippen LogP contribution in [0.1, 0.15) is 26.2 Å². The largest absolute Gasteiger partial charge is 0.494 e. The lowest BCUT2D eigenvalue weighted by Crippen LogP contribution is -2.48. The summed E-state index contributed by atoms with van der Waals surface area (Å²) in [4.78, 5) is 7.19. The van der Waals surface area contributed by atoms with E-state index in [-0.39, 0.29) is 24.0 Å². The zero-order valence-electron chi connectivity index (χ0n) is 16.5. The normalized spacial score (nSPS) is 15.0. The van der Waals surface area contributed by atoms with Crippen LogP contribution in [0.4, 0.5) is 5.00 Å². The molecular formula is C21H31IN4OS. The van der Waals surface area contributed by atoms with Crippen LogP contribution in [-0.4, -0.2) is 44.8 Å². The maximum Gasteiger partial charge on any atom is 0.191 e. The zero-order chi connectivity index (χ0) is 18.7. The number of hydrogen-bond acceptors (Lipinski definition) is 4. The highest BCUT2D eigenvalue weighted by Crippen LogP contribution is 2.24. The molecule has 7 heteroatoms. The molecule has 5 nitrogen and oxygen atoms in total. The Morgan fingerprint density at radius 2 is 1.96 bits per heavy atom. The van der Waals surface area contributed by atoms with Crippen molar-refractivity contribution in [1.82, 2.24) is 10.6 Å². The van der Waals surface area contributed by atoms with E-state index in [9.17, 15) is 0 Å². The fourth-order valence-corrected chi connectivity index (χ4v) is 3.95. The molecule has 28 heavy (non-hydrogen) atoms. The summed E-state index contributed by atoms with van der Waals surface area (Å²) < 4.78 is 5.73. The number of ether oxygens (including phenoxy) is 1. The Bertz CT molecular complexity index is 673. The fourth-order valence-electron chi connectivity index (χ4n) is 3.17. The lowest BCUT2D eigenvalue weighted by Gasteiger charge is -2.33. The van der Waals surface area contributed by atoms with Crippen molar-refractivity contribution in [2.45, 2.75) is 32.2 Å². The molecule has 1 aliphatic rings. The second kappa shape index (κ2) is 12.9. The number of nitrogens with one attached hydrogen (secondary N) is 2. The quantitative estimate of drug-likeness (QED) is 0.238. The molecule has 2 heterocycles. The molecule has 0 aliphatic carbocycles. The summed E-state index contributed by atoms with van der Waals surface area (Å²) in [5, 5.41) is 10.5. The highest BCUT2D eigenvalue weighted by molar-refractivity contribution is 14.0. The first kappa shape index (κ1) is 22.8. The van der Waals surface area contributed by atoms with E-state index < -0.39 is 0 Å². The van der Waals surface area contributed by atoms with Crippen molar-refractivity contribution < 1.29 is 4.74 Å². The second-order valence-electron chi connectivity index (χ2n) is 6.63. The van der Waals surface area contributed by atoms with Crippen LogP contribution in [0.15, 0.2) is 52.8 Å². The van der Waals surface area contributed by atoms with Gasteiger partial charge in [0.15, 0.2) is 5.96 Å². The summed E-state index contributed by atoms with van der Waals surface area (Å²) in [5.74, 6) is 1.84. The van der Waals surface area contributed by atoms with Gasteiger partial charge in [-0.05, 0) is 49.4 Å². The second-order valence-corrected chi connectivity index (χ2v) is 7.56. The van der Waals surface area contributed by atoms with E-state index in [1.54, 1.807) is 0 Å². The summed E-state index contributed by atoms with van der Waals surface area (Å²) in [6, 6.07) is 14.8. The van der Waals surface area contributed by atoms with E-state index in [4.69, 9.17) is 9.73 Å². The number of thiophene rings is 1. The highest BCUT2D eigenvalue weighted by Gasteiger charge is 2.20. The van der Waals surface area contributed by atoms with Crippen LogP contribution in [0.2, 0.25) is 0 Å². The molecule has 1 aromatic heterocycles. The molecule has 0 atom stereocenters. The summed E-state index contributed by atoms with van der Waals surface area (Å²) in [6.45, 7) is 6.63. The molecule has 0 unspecified atom stereocenters. The number of aliphatic imine (C=N–C) groups is 1. The lowest BCUT2D eigenvalue weighted by molar-refractivity contribution is 0.313. The van der Waals surface area contributed by atoms with Gasteiger partial charge in [0.05, 0.1) is 11.6 Å². The Morgan fingerprint density at radius 3 is 2.64 bits per heavy atom. The first-order valence-electron chi connectivity index (χ1n) is 9.86. The van der Waals surface area contributed by atoms with Gasteiger partial charge in [0.1, 0.15) is 5.75 Å². The van der Waals surface area contributed by atoms with E-state index in [2.05, 4.69) is 40.0 Å². The van der Waals surface area contributed by atoms with Gasteiger partial charge >= 0.3 is 0 Å². The smallest absolute Gasteiger partial charge is 0.191 e. The summed E-state index contributed by atoms with van der Waals surface area (Å²) in [7, 11) is 0. The van der Waals surface area contributed by atoms with Gasteiger partial charge in [-0.25, -0.2) is 0 Å². The van der Waals surface area contributed by atoms with Gasteiger partial charge in [-0.15, -0.1) is 35.3 Å². The molecule has 154 valence electrons. The Kier molecular flexibility index (Phi) is 10.5. The molecule has 1 fully saturated rings. The average molecular weight is 514 g/mol. The fraction of sp³-hybridized carbons (Fsp3) is 0.476. The van der Waals surface area contributed by atoms with E-state index in [1.165, 1.54) is 5.00 Å². The van der Waals surface area contributed by atoms with Crippen molar-refractivity contribution in [3.63, 3.8) is 0 Å². The molecule has 3 rings (SSSR count). The van der Waals surface area contributed by atoms with Crippen LogP contribution < -0.4 is 20.3 Å². The maximum atomic E-state index is 5.73. The van der Waals surface area contributed by atoms with Crippen LogP contribution >= 0.6 is 35.3 Å². The Labute approximate surface area is 189 Å². The first-order valence-corrected chi connectivity index (χ1v) is 10.7. The minimum atomic E-state index is 0. The highest BCUT2D eigenvalue weighted by atomic mass is 127. The molecule has 1 saturated heterocycles. The van der Waals surface area contributed by atoms with Crippen LogP contribution in [0, 0.1) is 0 Å². The molecule has 2 aromatic rings. The SMILES string of the molecule is CCNC(=NCCCOc1ccccc1)NC1CCN(c2cccs2)CC1.I. The molecule has 0 radical (unpaired) electrons. The average Bonchev–Trinajstić information content (AvgIpc) is 3.24. The molecular weight excluding hydrogens is 483 g/mol. The van der Waals surface area contributed by atoms with Crippen LogP contribution in [0.25, 0.3) is 0 Å². The minimum Gasteiger partial charge on any atom is -0.494 e. The van der Waals surface area contributed by atoms with Gasteiger partial charge in [-0.3, -0.25) is 4.99 Å². The van der Waals surface area contributed by atoms with Crippen molar-refractivity contribution in [2.75, 3.05) is 37.7 Å². The predicted octanol–water partition coefficient (Wildman–Crippen LogP) is 4.36. The molecule has 1 aliphatic heterocycles.